The number of aromatic amines is 1. The lowest BCUT2D eigenvalue weighted by Gasteiger charge is -2.36. The Morgan fingerprint density at radius 3 is 2.40 bits per heavy atom. The fourth-order valence-electron chi connectivity index (χ4n) is 3.06. The van der Waals surface area contributed by atoms with Crippen molar-refractivity contribution in [2.45, 2.75) is 13.3 Å². The second kappa shape index (κ2) is 7.98. The maximum Gasteiger partial charge on any atom is 0.257 e. The molecule has 1 aliphatic rings. The number of benzene rings is 1. The quantitative estimate of drug-likeness (QED) is 0.875. The van der Waals surface area contributed by atoms with E-state index in [1.54, 1.807) is 0 Å². The van der Waals surface area contributed by atoms with Crippen molar-refractivity contribution in [3.63, 3.8) is 0 Å². The zero-order chi connectivity index (χ0) is 17.6. The standard InChI is InChI=1S/C19H24N4O2/c1-2-9-22-10-12-23(13-11-22)17-6-4-16(5-7-17)21-19(25)15-3-8-18(24)20-14-15/h3-8,14H,2,9-13H2,1H3,(H,20,24)(H,21,25). The van der Waals surface area contributed by atoms with Crippen LogP contribution in [0.25, 0.3) is 0 Å². The highest BCUT2D eigenvalue weighted by Gasteiger charge is 2.16. The summed E-state index contributed by atoms with van der Waals surface area (Å²) in [6, 6.07) is 10.8. The zero-order valence-corrected chi connectivity index (χ0v) is 14.5. The number of pyridine rings is 1. The number of hydrogen-bond donors (Lipinski definition) is 2. The Morgan fingerprint density at radius 2 is 1.80 bits per heavy atom. The van der Waals surface area contributed by atoms with Crippen molar-refractivity contribution in [3.8, 4) is 0 Å². The van der Waals surface area contributed by atoms with Crippen LogP contribution in [0.3, 0.4) is 0 Å². The first-order valence-corrected chi connectivity index (χ1v) is 8.73. The molecule has 2 N–H and O–H groups in total. The van der Waals surface area contributed by atoms with E-state index in [0.29, 0.717) is 5.56 Å². The Balaban J connectivity index is 1.58. The Kier molecular flexibility index (Phi) is 5.50. The number of aromatic nitrogens is 1. The van der Waals surface area contributed by atoms with E-state index in [0.717, 1.165) is 31.9 Å². The van der Waals surface area contributed by atoms with E-state index < -0.39 is 0 Å². The summed E-state index contributed by atoms with van der Waals surface area (Å²) in [6.07, 6.45) is 2.62. The summed E-state index contributed by atoms with van der Waals surface area (Å²) < 4.78 is 0. The van der Waals surface area contributed by atoms with Gasteiger partial charge in [-0.15, -0.1) is 0 Å². The summed E-state index contributed by atoms with van der Waals surface area (Å²) in [5.41, 5.74) is 2.12. The Morgan fingerprint density at radius 1 is 1.08 bits per heavy atom. The van der Waals surface area contributed by atoms with Gasteiger partial charge in [-0.25, -0.2) is 0 Å². The van der Waals surface area contributed by atoms with Gasteiger partial charge in [-0.2, -0.15) is 0 Å². The van der Waals surface area contributed by atoms with Gasteiger partial charge in [0.2, 0.25) is 5.56 Å². The van der Waals surface area contributed by atoms with Gasteiger partial charge in [0, 0.05) is 49.8 Å². The Hall–Kier alpha value is -2.60. The first kappa shape index (κ1) is 17.2. The van der Waals surface area contributed by atoms with E-state index >= 15 is 0 Å². The molecule has 0 saturated carbocycles. The van der Waals surface area contributed by atoms with E-state index in [1.165, 1.54) is 37.0 Å². The molecule has 1 aromatic heterocycles. The fraction of sp³-hybridized carbons (Fsp3) is 0.368. The molecule has 1 aliphatic heterocycles. The highest BCUT2D eigenvalue weighted by molar-refractivity contribution is 6.04. The summed E-state index contributed by atoms with van der Waals surface area (Å²) in [7, 11) is 0. The van der Waals surface area contributed by atoms with Crippen LogP contribution < -0.4 is 15.8 Å². The number of rotatable bonds is 5. The average Bonchev–Trinajstić information content (AvgIpc) is 2.64. The number of piperazine rings is 1. The lowest BCUT2D eigenvalue weighted by molar-refractivity contribution is 0.102. The Labute approximate surface area is 147 Å². The predicted molar refractivity (Wildman–Crippen MR) is 100 cm³/mol. The van der Waals surface area contributed by atoms with Crippen LogP contribution in [0.4, 0.5) is 11.4 Å². The van der Waals surface area contributed by atoms with Crippen LogP contribution in [0.2, 0.25) is 0 Å². The van der Waals surface area contributed by atoms with Crippen LogP contribution in [0.5, 0.6) is 0 Å². The molecule has 25 heavy (non-hydrogen) atoms. The second-order valence-electron chi connectivity index (χ2n) is 6.27. The van der Waals surface area contributed by atoms with Gasteiger partial charge in [0.1, 0.15) is 0 Å². The molecule has 1 amide bonds. The average molecular weight is 340 g/mol. The molecule has 1 fully saturated rings. The first-order valence-electron chi connectivity index (χ1n) is 8.73. The van der Waals surface area contributed by atoms with Crippen molar-refractivity contribution in [3.05, 3.63) is 58.5 Å². The number of hydrogen-bond acceptors (Lipinski definition) is 4. The fourth-order valence-corrected chi connectivity index (χ4v) is 3.06. The number of H-pyrrole nitrogens is 1. The van der Waals surface area contributed by atoms with Gasteiger partial charge < -0.3 is 15.2 Å². The topological polar surface area (TPSA) is 68.4 Å². The SMILES string of the molecule is CCCN1CCN(c2ccc(NC(=O)c3ccc(=O)[nH]c3)cc2)CC1. The number of carbonyl (C=O) groups excluding carboxylic acids is 1. The zero-order valence-electron chi connectivity index (χ0n) is 14.5. The van der Waals surface area contributed by atoms with Gasteiger partial charge in [-0.1, -0.05) is 6.92 Å². The molecular formula is C19H24N4O2. The molecule has 0 radical (unpaired) electrons. The maximum absolute atomic E-state index is 12.2. The van der Waals surface area contributed by atoms with Crippen LogP contribution in [0, 0.1) is 0 Å². The molecule has 132 valence electrons. The van der Waals surface area contributed by atoms with Crippen LogP contribution in [-0.2, 0) is 0 Å². The minimum atomic E-state index is -0.239. The third kappa shape index (κ3) is 4.48. The maximum atomic E-state index is 12.2. The number of nitrogens with zero attached hydrogens (tertiary/aromatic N) is 2. The molecular weight excluding hydrogens is 316 g/mol. The van der Waals surface area contributed by atoms with Crippen LogP contribution >= 0.6 is 0 Å². The van der Waals surface area contributed by atoms with Crippen molar-refractivity contribution >= 4 is 17.3 Å². The molecule has 0 spiro atoms. The first-order chi connectivity index (χ1) is 12.2. The lowest BCUT2D eigenvalue weighted by atomic mass is 10.2. The van der Waals surface area contributed by atoms with Crippen LogP contribution in [0.1, 0.15) is 23.7 Å². The van der Waals surface area contributed by atoms with Crippen LogP contribution in [-0.4, -0.2) is 48.5 Å². The second-order valence-corrected chi connectivity index (χ2v) is 6.27. The van der Waals surface area contributed by atoms with Gasteiger partial charge >= 0.3 is 0 Å². The molecule has 3 rings (SSSR count). The lowest BCUT2D eigenvalue weighted by Crippen LogP contribution is -2.46. The molecule has 1 saturated heterocycles. The summed E-state index contributed by atoms with van der Waals surface area (Å²) in [4.78, 5) is 30.6. The monoisotopic (exact) mass is 340 g/mol. The third-order valence-corrected chi connectivity index (χ3v) is 4.45. The van der Waals surface area contributed by atoms with Crippen molar-refractivity contribution in [1.29, 1.82) is 0 Å². The summed E-state index contributed by atoms with van der Waals surface area (Å²) >= 11 is 0. The summed E-state index contributed by atoms with van der Waals surface area (Å²) in [5.74, 6) is -0.239. The molecule has 6 nitrogen and oxygen atoms in total. The Bertz CT molecular complexity index is 741. The highest BCUT2D eigenvalue weighted by atomic mass is 16.1. The van der Waals surface area contributed by atoms with Crippen molar-refractivity contribution in [2.24, 2.45) is 0 Å². The van der Waals surface area contributed by atoms with Crippen molar-refractivity contribution in [1.82, 2.24) is 9.88 Å². The van der Waals surface area contributed by atoms with E-state index in [1.807, 2.05) is 24.3 Å². The normalized spacial score (nSPS) is 15.2. The van der Waals surface area contributed by atoms with E-state index in [2.05, 4.69) is 27.0 Å². The van der Waals surface area contributed by atoms with E-state index in [4.69, 9.17) is 0 Å². The van der Waals surface area contributed by atoms with Gasteiger partial charge in [0.05, 0.1) is 5.56 Å². The molecule has 0 atom stereocenters. The van der Waals surface area contributed by atoms with Gasteiger partial charge in [0.15, 0.2) is 0 Å². The summed E-state index contributed by atoms with van der Waals surface area (Å²) in [6.45, 7) is 7.64. The largest absolute Gasteiger partial charge is 0.369 e. The van der Waals surface area contributed by atoms with Crippen molar-refractivity contribution in [2.75, 3.05) is 42.9 Å². The predicted octanol–water partition coefficient (Wildman–Crippen LogP) is 2.16. The molecule has 6 heteroatoms. The number of nitrogens with one attached hydrogen (secondary N) is 2. The molecule has 2 heterocycles. The van der Waals surface area contributed by atoms with E-state index in [9.17, 15) is 9.59 Å². The number of amides is 1. The minimum Gasteiger partial charge on any atom is -0.369 e. The number of carbonyl (C=O) groups is 1. The van der Waals surface area contributed by atoms with Crippen LogP contribution in [0.15, 0.2) is 47.4 Å². The van der Waals surface area contributed by atoms with E-state index in [-0.39, 0.29) is 11.5 Å². The van der Waals surface area contributed by atoms with Gasteiger partial charge in [0.25, 0.3) is 5.91 Å². The summed E-state index contributed by atoms with van der Waals surface area (Å²) in [5, 5.41) is 2.84. The molecule has 0 unspecified atom stereocenters. The molecule has 1 aromatic carbocycles. The number of anilines is 2. The highest BCUT2D eigenvalue weighted by Crippen LogP contribution is 2.20. The molecule has 0 aliphatic carbocycles. The van der Waals surface area contributed by atoms with Crippen molar-refractivity contribution < 1.29 is 4.79 Å². The third-order valence-electron chi connectivity index (χ3n) is 4.45. The molecule has 2 aromatic rings. The smallest absolute Gasteiger partial charge is 0.257 e. The van der Waals surface area contributed by atoms with Gasteiger partial charge in [-0.05, 0) is 43.3 Å². The van der Waals surface area contributed by atoms with Gasteiger partial charge in [-0.3, -0.25) is 14.5 Å². The molecule has 0 bridgehead atoms. The minimum absolute atomic E-state index is 0.222.